The summed E-state index contributed by atoms with van der Waals surface area (Å²) in [6, 6.07) is 10.4. The van der Waals surface area contributed by atoms with E-state index in [9.17, 15) is 39.6 Å². The van der Waals surface area contributed by atoms with Gasteiger partial charge in [0.1, 0.15) is 36.1 Å². The molecule has 4 aliphatic rings. The third kappa shape index (κ3) is 7.18. The van der Waals surface area contributed by atoms with Gasteiger partial charge in [-0.25, -0.2) is 14.4 Å². The van der Waals surface area contributed by atoms with Crippen molar-refractivity contribution in [2.45, 2.75) is 135 Å². The fourth-order valence-corrected chi connectivity index (χ4v) is 10.7. The van der Waals surface area contributed by atoms with Crippen LogP contribution in [0.4, 0.5) is 4.79 Å². The molecule has 1 aliphatic heterocycles. The normalized spacial score (nSPS) is 35.4. The number of rotatable bonds is 8. The monoisotopic (exact) mass is 813 g/mol. The lowest BCUT2D eigenvalue weighted by molar-refractivity contribution is -0.360. The van der Waals surface area contributed by atoms with Crippen LogP contribution in [0.2, 0.25) is 0 Å². The van der Waals surface area contributed by atoms with Gasteiger partial charge in [-0.2, -0.15) is 0 Å². The van der Waals surface area contributed by atoms with Crippen molar-refractivity contribution in [3.05, 3.63) is 69.4 Å². The molecule has 1 saturated heterocycles. The number of thiophene rings is 1. The molecule has 1 aromatic carbocycles. The van der Waals surface area contributed by atoms with Crippen molar-refractivity contribution in [2.75, 3.05) is 6.61 Å². The van der Waals surface area contributed by atoms with Crippen LogP contribution in [0, 0.1) is 22.2 Å². The minimum atomic E-state index is -1.92. The van der Waals surface area contributed by atoms with Crippen LogP contribution in [0.25, 0.3) is 0 Å². The van der Waals surface area contributed by atoms with E-state index in [4.69, 9.17) is 23.7 Å². The summed E-state index contributed by atoms with van der Waals surface area (Å²) in [5.74, 6) is -3.64. The second kappa shape index (κ2) is 15.1. The maximum Gasteiger partial charge on any atom is 0.408 e. The number of amides is 1. The summed E-state index contributed by atoms with van der Waals surface area (Å²) in [7, 11) is 0. The lowest BCUT2D eigenvalue weighted by atomic mass is 9.41. The van der Waals surface area contributed by atoms with E-state index in [1.807, 2.05) is 20.8 Å². The lowest BCUT2D eigenvalue weighted by Gasteiger charge is -2.69. The number of benzene rings is 1. The van der Waals surface area contributed by atoms with E-state index in [-0.39, 0.29) is 25.0 Å². The molecular weight excluding hydrogens is 759 g/mol. The highest BCUT2D eigenvalue weighted by Gasteiger charge is 2.77. The highest BCUT2D eigenvalue weighted by molar-refractivity contribution is 7.10. The number of nitrogens with one attached hydrogen (secondary N) is 1. The first-order valence-electron chi connectivity index (χ1n) is 19.2. The van der Waals surface area contributed by atoms with Crippen molar-refractivity contribution in [1.29, 1.82) is 0 Å². The Morgan fingerprint density at radius 3 is 2.21 bits per heavy atom. The Morgan fingerprint density at radius 1 is 0.982 bits per heavy atom. The van der Waals surface area contributed by atoms with Crippen molar-refractivity contribution >= 4 is 35.3 Å². The Morgan fingerprint density at radius 2 is 1.65 bits per heavy atom. The molecule has 5 N–H and O–H groups in total. The molecule has 15 heteroatoms. The number of aliphatic hydroxyl groups excluding tert-OH is 4. The van der Waals surface area contributed by atoms with Crippen LogP contribution >= 0.6 is 11.3 Å². The van der Waals surface area contributed by atoms with Gasteiger partial charge in [0.15, 0.2) is 11.7 Å². The molecule has 1 aromatic heterocycles. The number of fused-ring (bicyclic) bond motifs is 5. The third-order valence-electron chi connectivity index (χ3n) is 13.1. The van der Waals surface area contributed by atoms with E-state index in [0.29, 0.717) is 16.0 Å². The summed E-state index contributed by atoms with van der Waals surface area (Å²) in [6.45, 7) is 14.9. The molecule has 3 fully saturated rings. The summed E-state index contributed by atoms with van der Waals surface area (Å²) in [5, 5.41) is 52.7. The van der Waals surface area contributed by atoms with Crippen LogP contribution < -0.4 is 5.32 Å². The predicted molar refractivity (Wildman–Crippen MR) is 206 cm³/mol. The van der Waals surface area contributed by atoms with Gasteiger partial charge < -0.3 is 49.4 Å². The van der Waals surface area contributed by atoms with Gasteiger partial charge in [-0.15, -0.1) is 11.3 Å². The zero-order chi connectivity index (χ0) is 42.0. The molecule has 0 unspecified atom stereocenters. The first kappa shape index (κ1) is 42.7. The topological polar surface area (TPSA) is 207 Å². The number of alkyl carbamates (subject to hydrolysis) is 1. The molecule has 2 aromatic rings. The van der Waals surface area contributed by atoms with Crippen molar-refractivity contribution in [1.82, 2.24) is 5.32 Å². The maximum atomic E-state index is 14.2. The molecule has 57 heavy (non-hydrogen) atoms. The number of carbonyl (C=O) groups excluding carboxylic acids is 4. The summed E-state index contributed by atoms with van der Waals surface area (Å²) < 4.78 is 30.2. The van der Waals surface area contributed by atoms with Gasteiger partial charge in [0.25, 0.3) is 0 Å². The lowest BCUT2D eigenvalue weighted by Crippen LogP contribution is -2.81. The average molecular weight is 814 g/mol. The van der Waals surface area contributed by atoms with E-state index < -0.39 is 106 Å². The van der Waals surface area contributed by atoms with E-state index in [0.717, 1.165) is 0 Å². The molecule has 2 saturated carbocycles. The molecule has 2 bridgehead atoms. The molecule has 6 rings (SSSR count). The zero-order valence-corrected chi connectivity index (χ0v) is 34.6. The minimum absolute atomic E-state index is 0.0393. The van der Waals surface area contributed by atoms with E-state index in [2.05, 4.69) is 5.32 Å². The van der Waals surface area contributed by atoms with Crippen molar-refractivity contribution in [3.8, 4) is 0 Å². The summed E-state index contributed by atoms with van der Waals surface area (Å²) in [4.78, 5) is 54.6. The number of hydrogen-bond acceptors (Lipinski definition) is 14. The van der Waals surface area contributed by atoms with Gasteiger partial charge in [-0.3, -0.25) is 4.79 Å². The molecular formula is C42H55NO13S. The number of aliphatic hydroxyl groups is 4. The minimum Gasteiger partial charge on any atom is -0.458 e. The second-order valence-corrected chi connectivity index (χ2v) is 18.9. The van der Waals surface area contributed by atoms with Crippen LogP contribution in [0.15, 0.2) is 59.0 Å². The molecule has 312 valence electrons. The second-order valence-electron chi connectivity index (χ2n) is 17.9. The number of ether oxygens (including phenoxy) is 5. The molecule has 12 atom stereocenters. The van der Waals surface area contributed by atoms with Gasteiger partial charge >= 0.3 is 24.0 Å². The number of hydrogen-bond donors (Lipinski definition) is 5. The van der Waals surface area contributed by atoms with Crippen LogP contribution in [-0.2, 0) is 33.3 Å². The Hall–Kier alpha value is -3.86. The highest BCUT2D eigenvalue weighted by Crippen LogP contribution is 2.67. The zero-order valence-electron chi connectivity index (χ0n) is 33.8. The molecule has 0 spiro atoms. The number of esters is 3. The molecule has 3 aliphatic carbocycles. The Labute approximate surface area is 336 Å². The van der Waals surface area contributed by atoms with Crippen LogP contribution in [0.5, 0.6) is 0 Å². The summed E-state index contributed by atoms with van der Waals surface area (Å²) in [6.07, 6.45) is -10.8. The molecule has 14 nitrogen and oxygen atoms in total. The standard InChI is InChI=1S/C42H55NO13S/c1-21-24(53-36(50)31(47)29(25-16-13-17-57-25)43-37(51)56-38(3,4)5)19-40(8)34(54-35(49)23-14-11-10-12-15-23)32-41(9,33(48)30(46)28(21)39(40,6)7)26(45)18-27-42(32,20-52-27)55-22(2)44/h10-17,24,26-27,29-34,45-48H,18-20H2,1-9H3,(H,43,51)/t24-,26-,27+,29-,30+,31+,32-,33+,34-,40-,41+,42-/m0/s1. The Bertz CT molecular complexity index is 1890. The quantitative estimate of drug-likeness (QED) is 0.143. The van der Waals surface area contributed by atoms with Gasteiger partial charge in [0.2, 0.25) is 0 Å². The van der Waals surface area contributed by atoms with Crippen molar-refractivity contribution in [2.24, 2.45) is 22.2 Å². The summed E-state index contributed by atoms with van der Waals surface area (Å²) in [5.41, 5.74) is -5.56. The van der Waals surface area contributed by atoms with Gasteiger partial charge in [0.05, 0.1) is 30.3 Å². The largest absolute Gasteiger partial charge is 0.458 e. The Balaban J connectivity index is 1.48. The van der Waals surface area contributed by atoms with E-state index >= 15 is 0 Å². The van der Waals surface area contributed by atoms with Crippen molar-refractivity contribution in [3.63, 3.8) is 0 Å². The first-order chi connectivity index (χ1) is 26.5. The predicted octanol–water partition coefficient (Wildman–Crippen LogP) is 4.39. The smallest absolute Gasteiger partial charge is 0.408 e. The molecule has 1 amide bonds. The highest BCUT2D eigenvalue weighted by atomic mass is 32.1. The van der Waals surface area contributed by atoms with Gasteiger partial charge in [0, 0.05) is 29.1 Å². The fraction of sp³-hybridized carbons (Fsp3) is 0.619. The number of carbonyl (C=O) groups is 4. The Kier molecular flexibility index (Phi) is 11.3. The maximum absolute atomic E-state index is 14.2. The van der Waals surface area contributed by atoms with Crippen LogP contribution in [0.3, 0.4) is 0 Å². The van der Waals surface area contributed by atoms with Crippen LogP contribution in [-0.4, -0.2) is 105 Å². The molecule has 2 heterocycles. The van der Waals surface area contributed by atoms with E-state index in [1.165, 1.54) is 18.3 Å². The van der Waals surface area contributed by atoms with E-state index in [1.54, 1.807) is 82.5 Å². The molecule has 0 radical (unpaired) electrons. The van der Waals surface area contributed by atoms with Gasteiger partial charge in [-0.05, 0) is 74.3 Å². The third-order valence-corrected chi connectivity index (χ3v) is 14.1. The SMILES string of the molecule is CC(=O)O[C@@]12CO[C@@H]1C[C@H](O)[C@@]1(C)[C@H](O)[C@H](O)C3=C(C)[C@@H](OC(=O)[C@H](O)[C@@H](NC(=O)OC(C)(C)C)c4cccs4)C[C@@](C)([C@@H](OC(=O)c4ccccc4)[C@H]21)C3(C)C. The first-order valence-corrected chi connectivity index (χ1v) is 20.1. The fourth-order valence-electron chi connectivity index (χ4n) is 9.85. The van der Waals surface area contributed by atoms with Crippen LogP contribution in [0.1, 0.15) is 96.4 Å². The van der Waals surface area contributed by atoms with Crippen molar-refractivity contribution < 1.29 is 63.3 Å². The average Bonchev–Trinajstić information content (AvgIpc) is 3.66. The van der Waals surface area contributed by atoms with Gasteiger partial charge in [-0.1, -0.05) is 52.0 Å². The summed E-state index contributed by atoms with van der Waals surface area (Å²) >= 11 is 1.20.